The van der Waals surface area contributed by atoms with Gasteiger partial charge in [-0.3, -0.25) is 4.79 Å². The van der Waals surface area contributed by atoms with E-state index in [1.807, 2.05) is 0 Å². The maximum Gasteiger partial charge on any atom is 0.251 e. The first-order chi connectivity index (χ1) is 9.10. The summed E-state index contributed by atoms with van der Waals surface area (Å²) in [7, 11) is 0. The normalized spacial score (nSPS) is 20.3. The number of nitrogens with zero attached hydrogens (tertiary/aromatic N) is 1. The summed E-state index contributed by atoms with van der Waals surface area (Å²) in [6.07, 6.45) is 2.11. The van der Waals surface area contributed by atoms with Crippen LogP contribution in [0.4, 0.5) is 4.39 Å². The number of rotatable bonds is 3. The van der Waals surface area contributed by atoms with Crippen molar-refractivity contribution in [1.82, 2.24) is 10.2 Å². The van der Waals surface area contributed by atoms with E-state index in [9.17, 15) is 9.18 Å². The molecule has 1 amide bonds. The Labute approximate surface area is 121 Å². The number of hydrogen-bond donors (Lipinski definition) is 1. The number of amides is 1. The molecule has 0 saturated carbocycles. The molecule has 5 heteroatoms. The molecule has 1 fully saturated rings. The molecule has 1 unspecified atom stereocenters. The second-order valence-corrected chi connectivity index (χ2v) is 5.69. The summed E-state index contributed by atoms with van der Waals surface area (Å²) in [6, 6.07) is 4.52. The van der Waals surface area contributed by atoms with Crippen molar-refractivity contribution >= 4 is 21.8 Å². The van der Waals surface area contributed by atoms with Gasteiger partial charge in [0.05, 0.1) is 4.47 Å². The molecule has 2 rings (SSSR count). The van der Waals surface area contributed by atoms with Crippen molar-refractivity contribution < 1.29 is 9.18 Å². The van der Waals surface area contributed by atoms with E-state index in [1.54, 1.807) is 0 Å². The topological polar surface area (TPSA) is 32.3 Å². The van der Waals surface area contributed by atoms with Gasteiger partial charge in [0, 0.05) is 18.2 Å². The average Bonchev–Trinajstić information content (AvgIpc) is 2.42. The number of nitrogens with one attached hydrogen (secondary N) is 1. The lowest BCUT2D eigenvalue weighted by molar-refractivity contribution is 0.0905. The maximum absolute atomic E-state index is 13.1. The molecule has 104 valence electrons. The Morgan fingerprint density at radius 2 is 2.37 bits per heavy atom. The Hall–Kier alpha value is -0.940. The standard InChI is InChI=1S/C14H18BrFN2O/c1-2-18-7-3-4-11(9-18)17-14(19)10-5-6-13(16)12(15)8-10/h5-6,8,11H,2-4,7,9H2,1H3,(H,17,19). The first-order valence-corrected chi connectivity index (χ1v) is 7.37. The van der Waals surface area contributed by atoms with Crippen molar-refractivity contribution in [1.29, 1.82) is 0 Å². The highest BCUT2D eigenvalue weighted by molar-refractivity contribution is 9.10. The Balaban J connectivity index is 1.98. The molecular weight excluding hydrogens is 311 g/mol. The summed E-state index contributed by atoms with van der Waals surface area (Å²) in [4.78, 5) is 14.4. The van der Waals surface area contributed by atoms with Gasteiger partial charge in [-0.2, -0.15) is 0 Å². The lowest BCUT2D eigenvalue weighted by Gasteiger charge is -2.32. The monoisotopic (exact) mass is 328 g/mol. The molecule has 1 aromatic rings. The zero-order chi connectivity index (χ0) is 13.8. The van der Waals surface area contributed by atoms with E-state index in [0.29, 0.717) is 10.0 Å². The summed E-state index contributed by atoms with van der Waals surface area (Å²) < 4.78 is 13.5. The van der Waals surface area contributed by atoms with Crippen molar-refractivity contribution in [2.24, 2.45) is 0 Å². The number of carbonyl (C=O) groups excluding carboxylic acids is 1. The van der Waals surface area contributed by atoms with Crippen molar-refractivity contribution in [2.75, 3.05) is 19.6 Å². The second kappa shape index (κ2) is 6.48. The number of hydrogen-bond acceptors (Lipinski definition) is 2. The van der Waals surface area contributed by atoms with Crippen LogP contribution in [-0.2, 0) is 0 Å². The molecule has 0 spiro atoms. The van der Waals surface area contributed by atoms with Crippen molar-refractivity contribution in [3.8, 4) is 0 Å². The molecule has 1 heterocycles. The molecule has 1 aliphatic heterocycles. The van der Waals surface area contributed by atoms with Gasteiger partial charge in [0.1, 0.15) is 5.82 Å². The summed E-state index contributed by atoms with van der Waals surface area (Å²) in [5, 5.41) is 3.02. The summed E-state index contributed by atoms with van der Waals surface area (Å²) in [5.74, 6) is -0.491. The average molecular weight is 329 g/mol. The van der Waals surface area contributed by atoms with Gasteiger partial charge in [0.25, 0.3) is 5.91 Å². The highest BCUT2D eigenvalue weighted by atomic mass is 79.9. The molecule has 0 bridgehead atoms. The number of carbonyl (C=O) groups is 1. The lowest BCUT2D eigenvalue weighted by Crippen LogP contribution is -2.47. The van der Waals surface area contributed by atoms with E-state index in [2.05, 4.69) is 33.1 Å². The number of likely N-dealkylation sites (tertiary alicyclic amines) is 1. The third-order valence-corrected chi connectivity index (χ3v) is 4.08. The van der Waals surface area contributed by atoms with Gasteiger partial charge in [0.15, 0.2) is 0 Å². The fourth-order valence-electron chi connectivity index (χ4n) is 2.37. The SMILES string of the molecule is CCN1CCCC(NC(=O)c2ccc(F)c(Br)c2)C1. The predicted octanol–water partition coefficient (Wildman–Crippen LogP) is 2.80. The quantitative estimate of drug-likeness (QED) is 0.925. The molecule has 0 aliphatic carbocycles. The van der Waals surface area contributed by atoms with Crippen LogP contribution in [0.3, 0.4) is 0 Å². The molecule has 0 radical (unpaired) electrons. The largest absolute Gasteiger partial charge is 0.348 e. The summed E-state index contributed by atoms with van der Waals surface area (Å²) in [6.45, 7) is 5.13. The zero-order valence-electron chi connectivity index (χ0n) is 11.0. The fraction of sp³-hybridized carbons (Fsp3) is 0.500. The van der Waals surface area contributed by atoms with E-state index in [4.69, 9.17) is 0 Å². The molecule has 1 N–H and O–H groups in total. The Morgan fingerprint density at radius 3 is 3.05 bits per heavy atom. The lowest BCUT2D eigenvalue weighted by atomic mass is 10.1. The molecule has 0 aromatic heterocycles. The number of likely N-dealkylation sites (N-methyl/N-ethyl adjacent to an activating group) is 1. The Morgan fingerprint density at radius 1 is 1.58 bits per heavy atom. The van der Waals surface area contributed by atoms with E-state index in [-0.39, 0.29) is 17.8 Å². The number of benzene rings is 1. The number of halogens is 2. The van der Waals surface area contributed by atoms with Gasteiger partial charge in [-0.1, -0.05) is 6.92 Å². The van der Waals surface area contributed by atoms with Crippen molar-refractivity contribution in [3.63, 3.8) is 0 Å². The molecule has 1 saturated heterocycles. The van der Waals surface area contributed by atoms with Crippen LogP contribution >= 0.6 is 15.9 Å². The predicted molar refractivity (Wildman–Crippen MR) is 76.7 cm³/mol. The van der Waals surface area contributed by atoms with Crippen LogP contribution in [0.2, 0.25) is 0 Å². The van der Waals surface area contributed by atoms with Crippen LogP contribution in [0.15, 0.2) is 22.7 Å². The van der Waals surface area contributed by atoms with Crippen molar-refractivity contribution in [2.45, 2.75) is 25.8 Å². The Kier molecular flexibility index (Phi) is 4.93. The minimum Gasteiger partial charge on any atom is -0.348 e. The van der Waals surface area contributed by atoms with E-state index in [0.717, 1.165) is 32.5 Å². The summed E-state index contributed by atoms with van der Waals surface area (Å²) >= 11 is 3.10. The van der Waals surface area contributed by atoms with Gasteiger partial charge >= 0.3 is 0 Å². The van der Waals surface area contributed by atoms with Gasteiger partial charge in [-0.25, -0.2) is 4.39 Å². The fourth-order valence-corrected chi connectivity index (χ4v) is 2.75. The third kappa shape index (κ3) is 3.76. The highest BCUT2D eigenvalue weighted by Gasteiger charge is 2.21. The minimum absolute atomic E-state index is 0.136. The zero-order valence-corrected chi connectivity index (χ0v) is 12.5. The molecule has 3 nitrogen and oxygen atoms in total. The van der Waals surface area contributed by atoms with Gasteiger partial charge in [0.2, 0.25) is 0 Å². The molecule has 19 heavy (non-hydrogen) atoms. The van der Waals surface area contributed by atoms with Gasteiger partial charge < -0.3 is 10.2 Å². The van der Waals surface area contributed by atoms with E-state index in [1.165, 1.54) is 18.2 Å². The van der Waals surface area contributed by atoms with Gasteiger partial charge in [-0.15, -0.1) is 0 Å². The van der Waals surface area contributed by atoms with Gasteiger partial charge in [-0.05, 0) is 60.1 Å². The van der Waals surface area contributed by atoms with Crippen LogP contribution < -0.4 is 5.32 Å². The van der Waals surface area contributed by atoms with Crippen molar-refractivity contribution in [3.05, 3.63) is 34.1 Å². The highest BCUT2D eigenvalue weighted by Crippen LogP contribution is 2.17. The molecule has 1 aromatic carbocycles. The van der Waals surface area contributed by atoms with Crippen LogP contribution in [0.25, 0.3) is 0 Å². The second-order valence-electron chi connectivity index (χ2n) is 4.83. The molecular formula is C14H18BrFN2O. The van der Waals surface area contributed by atoms with Crippen LogP contribution in [0, 0.1) is 5.82 Å². The Bertz CT molecular complexity index is 467. The maximum atomic E-state index is 13.1. The third-order valence-electron chi connectivity index (χ3n) is 3.47. The number of piperidine rings is 1. The first-order valence-electron chi connectivity index (χ1n) is 6.58. The van der Waals surface area contributed by atoms with Crippen LogP contribution in [0.5, 0.6) is 0 Å². The molecule has 1 aliphatic rings. The van der Waals surface area contributed by atoms with Crippen LogP contribution in [0.1, 0.15) is 30.1 Å². The molecule has 1 atom stereocenters. The van der Waals surface area contributed by atoms with Crippen LogP contribution in [-0.4, -0.2) is 36.5 Å². The van der Waals surface area contributed by atoms with E-state index < -0.39 is 0 Å². The summed E-state index contributed by atoms with van der Waals surface area (Å²) in [5.41, 5.74) is 0.488. The smallest absolute Gasteiger partial charge is 0.251 e. The first kappa shape index (κ1) is 14.5. The van der Waals surface area contributed by atoms with E-state index >= 15 is 0 Å². The minimum atomic E-state index is -0.355.